The highest BCUT2D eigenvalue weighted by atomic mass is 35.5. The Kier molecular flexibility index (Phi) is 3.89. The number of anilines is 2. The van der Waals surface area contributed by atoms with Crippen molar-refractivity contribution in [1.29, 1.82) is 0 Å². The van der Waals surface area contributed by atoms with E-state index in [1.54, 1.807) is 19.1 Å². The first kappa shape index (κ1) is 14.3. The van der Waals surface area contributed by atoms with E-state index >= 15 is 0 Å². The Morgan fingerprint density at radius 3 is 2.50 bits per heavy atom. The van der Waals surface area contributed by atoms with Gasteiger partial charge in [-0.3, -0.25) is 10.2 Å². The molecular formula is C16H13ClN4O. The molecule has 2 aromatic carbocycles. The minimum absolute atomic E-state index is 0.267. The highest BCUT2D eigenvalue weighted by Crippen LogP contribution is 2.22. The van der Waals surface area contributed by atoms with Crippen LogP contribution in [0, 0.1) is 0 Å². The number of benzene rings is 2. The molecule has 2 aromatic rings. The van der Waals surface area contributed by atoms with Crippen LogP contribution in [0.4, 0.5) is 11.4 Å². The Balaban J connectivity index is 1.84. The van der Waals surface area contributed by atoms with Crippen LogP contribution in [-0.4, -0.2) is 17.3 Å². The number of carbonyl (C=O) groups is 1. The molecule has 0 atom stereocenters. The van der Waals surface area contributed by atoms with Gasteiger partial charge in [-0.2, -0.15) is 15.2 Å². The quantitative estimate of drug-likeness (QED) is 0.881. The summed E-state index contributed by atoms with van der Waals surface area (Å²) in [6.45, 7) is 1.74. The highest BCUT2D eigenvalue weighted by Gasteiger charge is 2.30. The number of hydrogen-bond donors (Lipinski definition) is 1. The largest absolute Gasteiger partial charge is 0.301 e. The van der Waals surface area contributed by atoms with Gasteiger partial charge in [0.25, 0.3) is 0 Å². The van der Waals surface area contributed by atoms with Crippen molar-refractivity contribution in [3.05, 3.63) is 59.6 Å². The summed E-state index contributed by atoms with van der Waals surface area (Å²) in [5.74, 6) is -0.275. The average molecular weight is 313 g/mol. The molecule has 5 nitrogen and oxygen atoms in total. The summed E-state index contributed by atoms with van der Waals surface area (Å²) in [6.07, 6.45) is 0. The van der Waals surface area contributed by atoms with Crippen molar-refractivity contribution in [2.24, 2.45) is 10.2 Å². The first-order chi connectivity index (χ1) is 10.7. The second-order valence-corrected chi connectivity index (χ2v) is 5.10. The van der Waals surface area contributed by atoms with Crippen LogP contribution in [0.15, 0.2) is 64.8 Å². The molecule has 1 aliphatic heterocycles. The summed E-state index contributed by atoms with van der Waals surface area (Å²) in [7, 11) is 0. The van der Waals surface area contributed by atoms with E-state index in [1.807, 2.05) is 42.5 Å². The molecular weight excluding hydrogens is 300 g/mol. The number of halogens is 1. The van der Waals surface area contributed by atoms with Gasteiger partial charge >= 0.3 is 5.91 Å². The van der Waals surface area contributed by atoms with Crippen LogP contribution in [0.25, 0.3) is 0 Å². The van der Waals surface area contributed by atoms with Crippen LogP contribution in [0.5, 0.6) is 0 Å². The van der Waals surface area contributed by atoms with Gasteiger partial charge in [-0.05, 0) is 31.2 Å². The lowest BCUT2D eigenvalue weighted by molar-refractivity contribution is -0.112. The molecule has 1 aliphatic rings. The van der Waals surface area contributed by atoms with Gasteiger partial charge in [-0.25, -0.2) is 0 Å². The van der Waals surface area contributed by atoms with Crippen LogP contribution in [-0.2, 0) is 4.79 Å². The van der Waals surface area contributed by atoms with E-state index in [-0.39, 0.29) is 11.6 Å². The number of carbonyl (C=O) groups excluding carboxylic acids is 1. The molecule has 0 aliphatic carbocycles. The van der Waals surface area contributed by atoms with E-state index in [0.717, 1.165) is 0 Å². The summed E-state index contributed by atoms with van der Waals surface area (Å²) in [6, 6.07) is 16.4. The number of hydrazone groups is 2. The average Bonchev–Trinajstić information content (AvgIpc) is 2.82. The summed E-state index contributed by atoms with van der Waals surface area (Å²) < 4.78 is 0. The number of nitrogens with zero attached hydrogens (tertiary/aromatic N) is 3. The number of nitrogens with one attached hydrogen (secondary N) is 1. The summed E-state index contributed by atoms with van der Waals surface area (Å²) >= 11 is 6.05. The van der Waals surface area contributed by atoms with Crippen molar-refractivity contribution in [3.63, 3.8) is 0 Å². The highest BCUT2D eigenvalue weighted by molar-refractivity contribution is 6.71. The van der Waals surface area contributed by atoms with Crippen LogP contribution < -0.4 is 10.4 Å². The summed E-state index contributed by atoms with van der Waals surface area (Å²) in [4.78, 5) is 12.4. The molecule has 3 rings (SSSR count). The van der Waals surface area contributed by atoms with Gasteiger partial charge < -0.3 is 0 Å². The monoisotopic (exact) mass is 312 g/mol. The van der Waals surface area contributed by atoms with Gasteiger partial charge in [0.15, 0.2) is 5.71 Å². The first-order valence-electron chi connectivity index (χ1n) is 6.70. The molecule has 1 amide bonds. The molecule has 0 saturated carbocycles. The van der Waals surface area contributed by atoms with Gasteiger partial charge in [0.2, 0.25) is 0 Å². The minimum Gasteiger partial charge on any atom is -0.276 e. The zero-order chi connectivity index (χ0) is 15.5. The molecule has 0 saturated heterocycles. The van der Waals surface area contributed by atoms with Gasteiger partial charge in [-0.15, -0.1) is 0 Å². The maximum Gasteiger partial charge on any atom is 0.301 e. The molecule has 1 N–H and O–H groups in total. The molecule has 0 unspecified atom stereocenters. The zero-order valence-corrected chi connectivity index (χ0v) is 12.6. The van der Waals surface area contributed by atoms with E-state index in [4.69, 9.17) is 11.6 Å². The normalized spacial score (nSPS) is 16.1. The van der Waals surface area contributed by atoms with Gasteiger partial charge in [0.05, 0.1) is 22.1 Å². The molecule has 110 valence electrons. The fourth-order valence-electron chi connectivity index (χ4n) is 2.04. The Morgan fingerprint density at radius 2 is 1.77 bits per heavy atom. The van der Waals surface area contributed by atoms with Crippen molar-refractivity contribution in [2.45, 2.75) is 6.92 Å². The summed E-state index contributed by atoms with van der Waals surface area (Å²) in [5, 5.41) is 10.3. The van der Waals surface area contributed by atoms with Crippen LogP contribution in [0.1, 0.15) is 6.92 Å². The van der Waals surface area contributed by atoms with Crippen LogP contribution in [0.3, 0.4) is 0 Å². The van der Waals surface area contributed by atoms with Gasteiger partial charge in [0.1, 0.15) is 0 Å². The predicted octanol–water partition coefficient (Wildman–Crippen LogP) is 3.53. The number of amides is 1. The second-order valence-electron chi connectivity index (χ2n) is 4.69. The number of para-hydroxylation sites is 2. The van der Waals surface area contributed by atoms with Crippen molar-refractivity contribution in [1.82, 2.24) is 0 Å². The molecule has 6 heteroatoms. The van der Waals surface area contributed by atoms with E-state index in [0.29, 0.717) is 22.1 Å². The van der Waals surface area contributed by atoms with Crippen LogP contribution in [0.2, 0.25) is 5.02 Å². The predicted molar refractivity (Wildman–Crippen MR) is 89.5 cm³/mol. The Bertz CT molecular complexity index is 771. The lowest BCUT2D eigenvalue weighted by Crippen LogP contribution is -2.27. The lowest BCUT2D eigenvalue weighted by Gasteiger charge is -2.10. The standard InChI is InChI=1S/C16H13ClN4O/c1-11-15(19-18-14-10-6-5-9-13(14)17)16(22)21(20-11)12-7-3-2-4-8-12/h2-10,18H,1H3/b19-15+. The smallest absolute Gasteiger partial charge is 0.276 e. The second kappa shape index (κ2) is 5.99. The fraction of sp³-hybridized carbons (Fsp3) is 0.0625. The van der Waals surface area contributed by atoms with Crippen LogP contribution >= 0.6 is 11.6 Å². The van der Waals surface area contributed by atoms with Crippen molar-refractivity contribution < 1.29 is 4.79 Å². The molecule has 0 aromatic heterocycles. The molecule has 0 radical (unpaired) electrons. The molecule has 22 heavy (non-hydrogen) atoms. The van der Waals surface area contributed by atoms with E-state index in [9.17, 15) is 4.79 Å². The summed E-state index contributed by atoms with van der Waals surface area (Å²) in [5.41, 5.74) is 4.97. The Morgan fingerprint density at radius 1 is 1.09 bits per heavy atom. The molecule has 0 fully saturated rings. The SMILES string of the molecule is CC1=NN(c2ccccc2)C(=O)/C1=N/Nc1ccccc1Cl. The molecule has 0 bridgehead atoms. The van der Waals surface area contributed by atoms with Crippen molar-refractivity contribution >= 4 is 40.3 Å². The van der Waals surface area contributed by atoms with Crippen molar-refractivity contribution in [2.75, 3.05) is 10.4 Å². The zero-order valence-electron chi connectivity index (χ0n) is 11.8. The van der Waals surface area contributed by atoms with E-state index in [1.165, 1.54) is 5.01 Å². The third-order valence-corrected chi connectivity index (χ3v) is 3.48. The van der Waals surface area contributed by atoms with Gasteiger partial charge in [0, 0.05) is 0 Å². The van der Waals surface area contributed by atoms with Gasteiger partial charge in [-0.1, -0.05) is 41.9 Å². The number of hydrogen-bond acceptors (Lipinski definition) is 4. The van der Waals surface area contributed by atoms with E-state index < -0.39 is 0 Å². The minimum atomic E-state index is -0.275. The lowest BCUT2D eigenvalue weighted by atomic mass is 10.2. The third-order valence-electron chi connectivity index (χ3n) is 3.15. The Hall–Kier alpha value is -2.66. The fourth-order valence-corrected chi connectivity index (χ4v) is 2.22. The molecule has 1 heterocycles. The third kappa shape index (κ3) is 2.71. The van der Waals surface area contributed by atoms with E-state index in [2.05, 4.69) is 15.6 Å². The topological polar surface area (TPSA) is 57.1 Å². The maximum atomic E-state index is 12.4. The van der Waals surface area contributed by atoms with Crippen molar-refractivity contribution in [3.8, 4) is 0 Å². The maximum absolute atomic E-state index is 12.4. The Labute approximate surface area is 132 Å². The first-order valence-corrected chi connectivity index (χ1v) is 7.08. The molecule has 0 spiro atoms. The number of rotatable bonds is 3.